The second-order valence-electron chi connectivity index (χ2n) is 8.26. The quantitative estimate of drug-likeness (QED) is 0.304. The molecule has 0 bridgehead atoms. The molecule has 36 heavy (non-hydrogen) atoms. The van der Waals surface area contributed by atoms with Crippen molar-refractivity contribution in [3.8, 4) is 11.6 Å². The van der Waals surface area contributed by atoms with Crippen molar-refractivity contribution in [1.82, 2.24) is 14.5 Å². The van der Waals surface area contributed by atoms with E-state index in [1.807, 2.05) is 29.8 Å². The lowest BCUT2D eigenvalue weighted by molar-refractivity contribution is -0.111. The first-order valence-electron chi connectivity index (χ1n) is 10.8. The van der Waals surface area contributed by atoms with E-state index in [2.05, 4.69) is 31.5 Å². The maximum atomic E-state index is 12.1. The molecule has 0 aliphatic carbocycles. The summed E-state index contributed by atoms with van der Waals surface area (Å²) in [5.74, 6) is 1.00. The number of ether oxygens (including phenoxy) is 1. The van der Waals surface area contributed by atoms with E-state index in [0.29, 0.717) is 39.6 Å². The van der Waals surface area contributed by atoms with E-state index in [-0.39, 0.29) is 5.91 Å². The third-order valence-electron chi connectivity index (χ3n) is 5.16. The van der Waals surface area contributed by atoms with Gasteiger partial charge < -0.3 is 15.4 Å². The van der Waals surface area contributed by atoms with Crippen molar-refractivity contribution in [2.75, 3.05) is 30.3 Å². The predicted molar refractivity (Wildman–Crippen MR) is 146 cm³/mol. The molecular weight excluding hydrogens is 500 g/mol. The van der Waals surface area contributed by atoms with Gasteiger partial charge in [0.05, 0.1) is 18.8 Å². The predicted octanol–water partition coefficient (Wildman–Crippen LogP) is 5.62. The molecule has 0 saturated carbocycles. The summed E-state index contributed by atoms with van der Waals surface area (Å²) in [6.07, 6.45) is 7.80. The van der Waals surface area contributed by atoms with Gasteiger partial charge >= 0.3 is 0 Å². The van der Waals surface area contributed by atoms with Crippen LogP contribution in [0.3, 0.4) is 0 Å². The number of benzene rings is 2. The molecule has 2 aromatic carbocycles. The number of aromatic nitrogens is 3. The van der Waals surface area contributed by atoms with Crippen LogP contribution in [0.15, 0.2) is 65.8 Å². The molecule has 0 saturated heterocycles. The number of halogens is 1. The maximum absolute atomic E-state index is 12.1. The van der Waals surface area contributed by atoms with E-state index < -0.39 is 9.73 Å². The summed E-state index contributed by atoms with van der Waals surface area (Å²) in [6.45, 7) is 5.45. The Kier molecular flexibility index (Phi) is 7.00. The number of nitrogens with zero attached hydrogens (tertiary/aromatic N) is 4. The van der Waals surface area contributed by atoms with Crippen LogP contribution in [0, 0.1) is 6.92 Å². The van der Waals surface area contributed by atoms with Gasteiger partial charge in [-0.1, -0.05) is 18.2 Å². The zero-order valence-corrected chi connectivity index (χ0v) is 21.8. The highest BCUT2D eigenvalue weighted by Crippen LogP contribution is 2.33. The number of hydrogen-bond donors (Lipinski definition) is 2. The van der Waals surface area contributed by atoms with Gasteiger partial charge in [-0.2, -0.15) is 9.35 Å². The molecule has 0 aliphatic heterocycles. The topological polar surface area (TPSA) is 110 Å². The highest BCUT2D eigenvalue weighted by Gasteiger charge is 2.14. The minimum absolute atomic E-state index is 0.280. The summed E-state index contributed by atoms with van der Waals surface area (Å²) in [5.41, 5.74) is 3.67. The van der Waals surface area contributed by atoms with Crippen LogP contribution in [0.1, 0.15) is 5.56 Å². The minimum atomic E-state index is -2.34. The van der Waals surface area contributed by atoms with Gasteiger partial charge in [0, 0.05) is 51.3 Å². The Labute approximate surface area is 214 Å². The van der Waals surface area contributed by atoms with Gasteiger partial charge in [0.2, 0.25) is 11.9 Å². The molecule has 1 amide bonds. The molecule has 186 valence electrons. The second-order valence-corrected chi connectivity index (χ2v) is 11.2. The van der Waals surface area contributed by atoms with Gasteiger partial charge in [0.1, 0.15) is 16.5 Å². The Balaban J connectivity index is 1.70. The molecule has 0 spiro atoms. The summed E-state index contributed by atoms with van der Waals surface area (Å²) in [7, 11) is -0.818. The molecule has 9 nitrogen and oxygen atoms in total. The van der Waals surface area contributed by atoms with E-state index in [1.165, 1.54) is 19.4 Å². The monoisotopic (exact) mass is 524 g/mol. The minimum Gasteiger partial charge on any atom is -0.494 e. The van der Waals surface area contributed by atoms with E-state index in [1.54, 1.807) is 36.8 Å². The summed E-state index contributed by atoms with van der Waals surface area (Å²) in [5, 5.41) is 7.23. The highest BCUT2D eigenvalue weighted by molar-refractivity contribution is 7.92. The number of rotatable bonds is 7. The van der Waals surface area contributed by atoms with Crippen molar-refractivity contribution in [3.63, 3.8) is 0 Å². The van der Waals surface area contributed by atoms with Gasteiger partial charge in [-0.3, -0.25) is 9.36 Å². The number of hydrogen-bond acceptors (Lipinski definition) is 7. The lowest BCUT2D eigenvalue weighted by Gasteiger charge is -2.12. The van der Waals surface area contributed by atoms with Crippen molar-refractivity contribution in [2.24, 2.45) is 4.36 Å². The van der Waals surface area contributed by atoms with Crippen molar-refractivity contribution in [3.05, 3.63) is 72.0 Å². The number of methoxy groups -OCH3 is 1. The van der Waals surface area contributed by atoms with Gasteiger partial charge in [-0.05, 0) is 48.9 Å². The molecule has 0 aliphatic rings. The fourth-order valence-corrected chi connectivity index (χ4v) is 4.43. The first kappa shape index (κ1) is 25.2. The van der Waals surface area contributed by atoms with Crippen LogP contribution >= 0.6 is 11.6 Å². The van der Waals surface area contributed by atoms with Crippen LogP contribution in [0.25, 0.3) is 16.7 Å². The summed E-state index contributed by atoms with van der Waals surface area (Å²) in [4.78, 5) is 20.6. The van der Waals surface area contributed by atoms with Crippen LogP contribution in [-0.4, -0.2) is 44.3 Å². The normalized spacial score (nSPS) is 11.2. The van der Waals surface area contributed by atoms with Crippen LogP contribution < -0.4 is 15.4 Å². The SMILES string of the molecule is C=CC(=O)Nc1ccc2c(c1)c(C)cn2-c1nc(Nc2ccc(N=S(C)(C)=O)c(OC)c2)ncc1Cl. The first-order chi connectivity index (χ1) is 17.1. The lowest BCUT2D eigenvalue weighted by Crippen LogP contribution is -2.07. The van der Waals surface area contributed by atoms with Crippen LogP contribution in [0.2, 0.25) is 5.02 Å². The number of amides is 1. The summed E-state index contributed by atoms with van der Waals surface area (Å²) >= 11 is 6.49. The Bertz CT molecular complexity index is 1610. The third-order valence-corrected chi connectivity index (χ3v) is 6.07. The molecule has 2 aromatic heterocycles. The van der Waals surface area contributed by atoms with E-state index in [4.69, 9.17) is 16.3 Å². The standard InChI is InChI=1S/C25H25ClN6O3S/c1-6-23(33)28-16-8-10-21-18(11-16)15(2)14-32(21)24-19(26)13-27-25(30-24)29-17-7-9-20(22(12-17)35-3)31-36(4,5)34/h6-14H,1H2,2-5H3,(H,28,33)(H,27,29,30). The number of carbonyl (C=O) groups excluding carboxylic acids is 1. The van der Waals surface area contributed by atoms with Gasteiger partial charge in [-0.25, -0.2) is 9.19 Å². The number of carbonyl (C=O) groups is 1. The summed E-state index contributed by atoms with van der Waals surface area (Å²) in [6, 6.07) is 10.8. The molecule has 0 unspecified atom stereocenters. The Morgan fingerprint density at radius 3 is 2.67 bits per heavy atom. The fourth-order valence-electron chi connectivity index (χ4n) is 3.63. The maximum Gasteiger partial charge on any atom is 0.247 e. The average molecular weight is 525 g/mol. The molecule has 2 heterocycles. The highest BCUT2D eigenvalue weighted by atomic mass is 35.5. The zero-order chi connectivity index (χ0) is 26.0. The second kappa shape index (κ2) is 10.00. The van der Waals surface area contributed by atoms with Crippen molar-refractivity contribution in [2.45, 2.75) is 6.92 Å². The molecule has 2 N–H and O–H groups in total. The van der Waals surface area contributed by atoms with Gasteiger partial charge in [0.25, 0.3) is 0 Å². The molecule has 0 atom stereocenters. The molecule has 4 aromatic rings. The number of fused-ring (bicyclic) bond motifs is 1. The Morgan fingerprint density at radius 2 is 1.97 bits per heavy atom. The van der Waals surface area contributed by atoms with Crippen LogP contribution in [0.5, 0.6) is 5.75 Å². The van der Waals surface area contributed by atoms with Crippen LogP contribution in [0.4, 0.5) is 23.0 Å². The van der Waals surface area contributed by atoms with Crippen molar-refractivity contribution >= 4 is 61.2 Å². The third kappa shape index (κ3) is 5.50. The average Bonchev–Trinajstić information content (AvgIpc) is 3.15. The van der Waals surface area contributed by atoms with Gasteiger partial charge in [0.15, 0.2) is 5.82 Å². The zero-order valence-electron chi connectivity index (χ0n) is 20.2. The fraction of sp³-hybridized carbons (Fsp3) is 0.160. The molecule has 0 fully saturated rings. The Hall–Kier alpha value is -3.89. The number of aryl methyl sites for hydroxylation is 1. The number of nitrogens with one attached hydrogen (secondary N) is 2. The lowest BCUT2D eigenvalue weighted by atomic mass is 10.2. The molecule has 11 heteroatoms. The van der Waals surface area contributed by atoms with Gasteiger partial charge in [-0.15, -0.1) is 0 Å². The van der Waals surface area contributed by atoms with Crippen molar-refractivity contribution < 1.29 is 13.7 Å². The molecular formula is C25H25ClN6O3S. The first-order valence-corrected chi connectivity index (χ1v) is 13.5. The van der Waals surface area contributed by atoms with Crippen molar-refractivity contribution in [1.29, 1.82) is 0 Å². The van der Waals surface area contributed by atoms with E-state index in [0.717, 1.165) is 16.5 Å². The Morgan fingerprint density at radius 1 is 1.22 bits per heavy atom. The smallest absolute Gasteiger partial charge is 0.247 e. The van der Waals surface area contributed by atoms with E-state index >= 15 is 0 Å². The van der Waals surface area contributed by atoms with Crippen LogP contribution in [-0.2, 0) is 14.5 Å². The summed E-state index contributed by atoms with van der Waals surface area (Å²) < 4.78 is 23.6. The largest absolute Gasteiger partial charge is 0.494 e. The molecule has 4 rings (SSSR count). The number of anilines is 3. The molecule has 0 radical (unpaired) electrons. The van der Waals surface area contributed by atoms with E-state index in [9.17, 15) is 9.00 Å².